The predicted molar refractivity (Wildman–Crippen MR) is 111 cm³/mol. The Bertz CT molecular complexity index is 627. The number of hydrogen-bond acceptors (Lipinski definition) is 3. The normalized spacial score (nSPS) is 47.8. The van der Waals surface area contributed by atoms with E-state index in [1.807, 2.05) is 0 Å². The zero-order chi connectivity index (χ0) is 20.1. The van der Waals surface area contributed by atoms with Gasteiger partial charge in [0.05, 0.1) is 7.11 Å². The van der Waals surface area contributed by atoms with Crippen LogP contribution in [0.1, 0.15) is 91.4 Å². The molecule has 28 heavy (non-hydrogen) atoms. The molecule has 0 N–H and O–H groups in total. The van der Waals surface area contributed by atoms with Gasteiger partial charge in [0.15, 0.2) is 0 Å². The molecule has 0 radical (unpaired) electrons. The van der Waals surface area contributed by atoms with Crippen LogP contribution in [-0.2, 0) is 14.3 Å². The van der Waals surface area contributed by atoms with Crippen molar-refractivity contribution >= 4 is 11.8 Å². The van der Waals surface area contributed by atoms with E-state index in [2.05, 4.69) is 20.8 Å². The fourth-order valence-electron chi connectivity index (χ4n) is 8.69. The smallest absolute Gasteiger partial charge is 0.305 e. The van der Waals surface area contributed by atoms with Gasteiger partial charge in [-0.05, 0) is 85.9 Å². The first-order valence-corrected chi connectivity index (χ1v) is 12.0. The minimum atomic E-state index is -0.0851. The second kappa shape index (κ2) is 7.43. The highest BCUT2D eigenvalue weighted by molar-refractivity contribution is 5.86. The fourth-order valence-corrected chi connectivity index (χ4v) is 8.69. The molecule has 4 fully saturated rings. The number of ketones is 1. The van der Waals surface area contributed by atoms with Crippen LogP contribution in [-0.4, -0.2) is 18.9 Å². The van der Waals surface area contributed by atoms with E-state index in [-0.39, 0.29) is 17.3 Å². The first kappa shape index (κ1) is 20.4. The lowest BCUT2D eigenvalue weighted by Crippen LogP contribution is -2.59. The van der Waals surface area contributed by atoms with Gasteiger partial charge in [-0.3, -0.25) is 9.59 Å². The zero-order valence-corrected chi connectivity index (χ0v) is 18.5. The summed E-state index contributed by atoms with van der Waals surface area (Å²) in [6.45, 7) is 7.25. The molecule has 0 spiro atoms. The number of carbonyl (C=O) groups is 2. The molecule has 0 heterocycles. The van der Waals surface area contributed by atoms with Gasteiger partial charge >= 0.3 is 5.97 Å². The molecule has 4 rings (SSSR count). The Hall–Kier alpha value is -0.860. The van der Waals surface area contributed by atoms with Crippen molar-refractivity contribution in [1.82, 2.24) is 0 Å². The summed E-state index contributed by atoms with van der Waals surface area (Å²) < 4.78 is 4.89. The average Bonchev–Trinajstić information content (AvgIpc) is 3.03. The highest BCUT2D eigenvalue weighted by Crippen LogP contribution is 2.68. The number of fused-ring (bicyclic) bond motifs is 5. The van der Waals surface area contributed by atoms with Crippen molar-refractivity contribution in [3.63, 3.8) is 0 Å². The SMILES string of the molecule is CCC1C(=O)C2C3CCC(CCC(=O)OC)C3(C)CCC2C2(C)CCCCC12. The summed E-state index contributed by atoms with van der Waals surface area (Å²) in [5, 5.41) is 0. The molecular weight excluding hydrogens is 348 g/mol. The van der Waals surface area contributed by atoms with Crippen molar-refractivity contribution in [3.8, 4) is 0 Å². The Morgan fingerprint density at radius 3 is 2.46 bits per heavy atom. The highest BCUT2D eigenvalue weighted by atomic mass is 16.5. The molecule has 3 heteroatoms. The van der Waals surface area contributed by atoms with Gasteiger partial charge in [-0.15, -0.1) is 0 Å². The molecule has 8 unspecified atom stereocenters. The predicted octanol–water partition coefficient (Wildman–Crippen LogP) is 5.80. The summed E-state index contributed by atoms with van der Waals surface area (Å²) in [5.74, 6) is 3.46. The second-order valence-electron chi connectivity index (χ2n) is 10.9. The first-order valence-electron chi connectivity index (χ1n) is 12.0. The van der Waals surface area contributed by atoms with Crippen molar-refractivity contribution in [2.75, 3.05) is 7.11 Å². The maximum Gasteiger partial charge on any atom is 0.305 e. The molecule has 0 saturated heterocycles. The molecule has 3 nitrogen and oxygen atoms in total. The van der Waals surface area contributed by atoms with Gasteiger partial charge in [-0.2, -0.15) is 0 Å². The standard InChI is InChI=1S/C25H40O3/c1-5-17-18-8-6-7-14-25(18,3)20-13-15-24(2)16(10-12-21(26)28-4)9-11-19(24)22(20)23(17)27/h16-20,22H,5-15H2,1-4H3. The van der Waals surface area contributed by atoms with Gasteiger partial charge < -0.3 is 4.74 Å². The van der Waals surface area contributed by atoms with Gasteiger partial charge in [0, 0.05) is 18.3 Å². The van der Waals surface area contributed by atoms with Crippen LogP contribution in [0.15, 0.2) is 0 Å². The lowest BCUT2D eigenvalue weighted by molar-refractivity contribution is -0.167. The molecule has 0 bridgehead atoms. The molecule has 0 aromatic rings. The minimum Gasteiger partial charge on any atom is -0.469 e. The molecule has 4 saturated carbocycles. The topological polar surface area (TPSA) is 43.4 Å². The van der Waals surface area contributed by atoms with Crippen LogP contribution in [0.25, 0.3) is 0 Å². The number of hydrogen-bond donors (Lipinski definition) is 0. The van der Waals surface area contributed by atoms with Crippen molar-refractivity contribution < 1.29 is 14.3 Å². The minimum absolute atomic E-state index is 0.0851. The summed E-state index contributed by atoms with van der Waals surface area (Å²) >= 11 is 0. The van der Waals surface area contributed by atoms with E-state index in [9.17, 15) is 9.59 Å². The van der Waals surface area contributed by atoms with Crippen LogP contribution in [0.4, 0.5) is 0 Å². The Balaban J connectivity index is 1.61. The summed E-state index contributed by atoms with van der Waals surface area (Å²) in [4.78, 5) is 25.5. The van der Waals surface area contributed by atoms with Gasteiger partial charge in [-0.1, -0.05) is 33.6 Å². The number of ether oxygens (including phenoxy) is 1. The molecule has 0 aromatic carbocycles. The third kappa shape index (κ3) is 2.89. The summed E-state index contributed by atoms with van der Waals surface area (Å²) in [6, 6.07) is 0. The van der Waals surface area contributed by atoms with Crippen LogP contribution in [0, 0.1) is 46.3 Å². The number of rotatable bonds is 4. The van der Waals surface area contributed by atoms with Gasteiger partial charge in [0.25, 0.3) is 0 Å². The van der Waals surface area contributed by atoms with Gasteiger partial charge in [0.2, 0.25) is 0 Å². The van der Waals surface area contributed by atoms with Crippen LogP contribution >= 0.6 is 0 Å². The summed E-state index contributed by atoms with van der Waals surface area (Å²) in [6.07, 6.45) is 12.6. The molecular formula is C25H40O3. The molecule has 0 amide bonds. The molecule has 4 aliphatic carbocycles. The van der Waals surface area contributed by atoms with Crippen molar-refractivity contribution in [2.24, 2.45) is 46.3 Å². The van der Waals surface area contributed by atoms with E-state index >= 15 is 0 Å². The van der Waals surface area contributed by atoms with E-state index in [1.54, 1.807) is 0 Å². The van der Waals surface area contributed by atoms with Crippen LogP contribution < -0.4 is 0 Å². The number of Topliss-reactive ketones (excluding diaryl/α,β-unsaturated/α-hetero) is 1. The fraction of sp³-hybridized carbons (Fsp3) is 0.920. The van der Waals surface area contributed by atoms with E-state index in [0.717, 1.165) is 12.8 Å². The van der Waals surface area contributed by atoms with Crippen LogP contribution in [0.5, 0.6) is 0 Å². The Morgan fingerprint density at radius 1 is 1.00 bits per heavy atom. The van der Waals surface area contributed by atoms with Crippen LogP contribution in [0.2, 0.25) is 0 Å². The first-order chi connectivity index (χ1) is 13.4. The van der Waals surface area contributed by atoms with E-state index < -0.39 is 0 Å². The lowest BCUT2D eigenvalue weighted by atomic mass is 9.42. The van der Waals surface area contributed by atoms with Gasteiger partial charge in [0.1, 0.15) is 5.78 Å². The summed E-state index contributed by atoms with van der Waals surface area (Å²) in [7, 11) is 1.49. The molecule has 0 aromatic heterocycles. The largest absolute Gasteiger partial charge is 0.469 e. The van der Waals surface area contributed by atoms with Crippen LogP contribution in [0.3, 0.4) is 0 Å². The molecule has 4 aliphatic rings. The maximum absolute atomic E-state index is 13.8. The maximum atomic E-state index is 13.8. The lowest BCUT2D eigenvalue weighted by Gasteiger charge is -2.61. The highest BCUT2D eigenvalue weighted by Gasteiger charge is 2.64. The quantitative estimate of drug-likeness (QED) is 0.571. The Kier molecular flexibility index (Phi) is 5.42. The monoisotopic (exact) mass is 388 g/mol. The Labute approximate surface area is 171 Å². The average molecular weight is 389 g/mol. The van der Waals surface area contributed by atoms with E-state index in [1.165, 1.54) is 58.5 Å². The number of carbonyl (C=O) groups excluding carboxylic acids is 2. The summed E-state index contributed by atoms with van der Waals surface area (Å²) in [5.41, 5.74) is 0.615. The van der Waals surface area contributed by atoms with Gasteiger partial charge in [-0.25, -0.2) is 0 Å². The second-order valence-corrected chi connectivity index (χ2v) is 10.9. The van der Waals surface area contributed by atoms with Crippen molar-refractivity contribution in [1.29, 1.82) is 0 Å². The zero-order valence-electron chi connectivity index (χ0n) is 18.5. The van der Waals surface area contributed by atoms with Crippen molar-refractivity contribution in [2.45, 2.75) is 91.4 Å². The van der Waals surface area contributed by atoms with E-state index in [0.29, 0.717) is 47.2 Å². The van der Waals surface area contributed by atoms with E-state index in [4.69, 9.17) is 4.74 Å². The number of methoxy groups -OCH3 is 1. The molecule has 158 valence electrons. The third-order valence-electron chi connectivity index (χ3n) is 10.2. The number of esters is 1. The Morgan fingerprint density at radius 2 is 1.75 bits per heavy atom. The molecule has 8 atom stereocenters. The molecule has 0 aliphatic heterocycles. The third-order valence-corrected chi connectivity index (χ3v) is 10.2. The van der Waals surface area contributed by atoms with Crippen molar-refractivity contribution in [3.05, 3.63) is 0 Å².